The molecule has 0 saturated heterocycles. The molecule has 1 aliphatic heterocycles. The molecule has 1 heterocycles. The van der Waals surface area contributed by atoms with Crippen LogP contribution in [0.25, 0.3) is 0 Å². The van der Waals surface area contributed by atoms with E-state index in [-0.39, 0.29) is 12.4 Å². The Morgan fingerprint density at radius 3 is 2.30 bits per heavy atom. The molecule has 0 aromatic rings. The highest BCUT2D eigenvalue weighted by atomic mass is 35.5. The minimum Gasteiger partial charge on any atom is -0.330 e. The molecule has 5 heteroatoms. The van der Waals surface area contributed by atoms with Gasteiger partial charge in [-0.1, -0.05) is 27.7 Å². The van der Waals surface area contributed by atoms with E-state index in [1.54, 1.807) is 0 Å². The Morgan fingerprint density at radius 1 is 1.60 bits per heavy atom. The lowest BCUT2D eigenvalue weighted by Gasteiger charge is -1.69. The van der Waals surface area contributed by atoms with E-state index in [0.717, 1.165) is 5.75 Å². The second-order valence-electron chi connectivity index (χ2n) is 1.26. The average Bonchev–Trinajstić information content (AvgIpc) is 2.43. The molecule has 0 aromatic heterocycles. The minimum atomic E-state index is 0. The van der Waals surface area contributed by atoms with Crippen molar-refractivity contribution < 1.29 is 0 Å². The van der Waals surface area contributed by atoms with Gasteiger partial charge < -0.3 is 5.73 Å². The zero-order valence-electron chi connectivity index (χ0n) is 5.53. The summed E-state index contributed by atoms with van der Waals surface area (Å²) in [5.41, 5.74) is 4.95. The molecule has 0 radical (unpaired) electrons. The minimum absolute atomic E-state index is 0. The summed E-state index contributed by atoms with van der Waals surface area (Å²) in [5, 5.41) is 2.12. The molecule has 0 saturated carbocycles. The summed E-state index contributed by atoms with van der Waals surface area (Å²) in [4.78, 5) is 0. The lowest BCUT2D eigenvalue weighted by Crippen LogP contribution is -1.97. The molecular weight excluding hydrogens is 206 g/mol. The normalized spacial score (nSPS) is 13.4. The highest BCUT2D eigenvalue weighted by Crippen LogP contribution is 2.27. The number of rotatable bonds is 1. The topological polar surface area (TPSA) is 26.0 Å². The van der Waals surface area contributed by atoms with Gasteiger partial charge >= 0.3 is 0 Å². The van der Waals surface area contributed by atoms with Crippen LogP contribution in [0.5, 0.6) is 0 Å². The van der Waals surface area contributed by atoms with Crippen molar-refractivity contribution >= 4 is 46.6 Å². The molecule has 0 bridgehead atoms. The van der Waals surface area contributed by atoms with E-state index in [0.29, 0.717) is 6.54 Å². The lowest BCUT2D eigenvalue weighted by atomic mass is 10.8. The molecule has 1 rings (SSSR count). The van der Waals surface area contributed by atoms with Crippen molar-refractivity contribution in [3.05, 3.63) is 11.5 Å². The molecule has 10 heavy (non-hydrogen) atoms. The molecule has 2 N–H and O–H groups in total. The second kappa shape index (κ2) is 12.7. The Hall–Kier alpha value is 1.04. The van der Waals surface area contributed by atoms with Gasteiger partial charge in [-0.2, -0.15) is 12.6 Å². The van der Waals surface area contributed by atoms with Crippen molar-refractivity contribution in [2.75, 3.05) is 18.1 Å². The number of hydrogen-bond donors (Lipinski definition) is 2. The number of thiol groups is 1. The summed E-state index contributed by atoms with van der Waals surface area (Å²) in [6.45, 7) is 0.684. The monoisotopic (exact) mass is 217 g/mol. The molecule has 0 atom stereocenters. The molecule has 62 valence electrons. The Balaban J connectivity index is 0. The van der Waals surface area contributed by atoms with Crippen LogP contribution in [-0.2, 0) is 0 Å². The Labute approximate surface area is 81.8 Å². The molecule has 1 nitrogen and oxygen atoms in total. The van der Waals surface area contributed by atoms with E-state index in [1.807, 2.05) is 21.6 Å². The fourth-order valence-corrected chi connectivity index (χ4v) is 1.77. The molecule has 0 aliphatic carbocycles. The smallest absolute Gasteiger partial charge is 0.0229 e. The predicted molar refractivity (Wildman–Crippen MR) is 59.3 cm³/mol. The van der Waals surface area contributed by atoms with Crippen LogP contribution in [0.2, 0.25) is 0 Å². The fraction of sp³-hybridized carbons (Fsp3) is 0.600. The zero-order chi connectivity index (χ0) is 6.95. The molecular formula is C5H12ClNS3. The standard InChI is InChI=1S/C3H4S2.C2H7NS.ClH/c1-2-4-5-3-1;3-1-2-4;/h1-2H,3H2;4H,1-3H2;1H. The van der Waals surface area contributed by atoms with E-state index in [4.69, 9.17) is 5.73 Å². The first kappa shape index (κ1) is 13.6. The van der Waals surface area contributed by atoms with Gasteiger partial charge in [-0.25, -0.2) is 0 Å². The van der Waals surface area contributed by atoms with E-state index in [9.17, 15) is 0 Å². The number of nitrogens with two attached hydrogens (primary N) is 1. The van der Waals surface area contributed by atoms with E-state index in [1.165, 1.54) is 5.75 Å². The van der Waals surface area contributed by atoms with E-state index >= 15 is 0 Å². The van der Waals surface area contributed by atoms with Crippen LogP contribution in [0.4, 0.5) is 0 Å². The van der Waals surface area contributed by atoms with Crippen molar-refractivity contribution in [1.29, 1.82) is 0 Å². The van der Waals surface area contributed by atoms with Gasteiger partial charge in [0.2, 0.25) is 0 Å². The quantitative estimate of drug-likeness (QED) is 0.521. The van der Waals surface area contributed by atoms with Gasteiger partial charge in [-0.15, -0.1) is 12.4 Å². The van der Waals surface area contributed by atoms with Gasteiger partial charge in [0.05, 0.1) is 0 Å². The number of halogens is 1. The highest BCUT2D eigenvalue weighted by Gasteiger charge is 1.85. The van der Waals surface area contributed by atoms with Crippen LogP contribution < -0.4 is 5.73 Å². The van der Waals surface area contributed by atoms with Crippen molar-refractivity contribution in [3.8, 4) is 0 Å². The van der Waals surface area contributed by atoms with Crippen LogP contribution in [0.15, 0.2) is 11.5 Å². The number of hydrogen-bond acceptors (Lipinski definition) is 4. The van der Waals surface area contributed by atoms with Crippen LogP contribution in [0.3, 0.4) is 0 Å². The zero-order valence-corrected chi connectivity index (χ0v) is 8.87. The summed E-state index contributed by atoms with van der Waals surface area (Å²) in [6.07, 6.45) is 2.16. The largest absolute Gasteiger partial charge is 0.330 e. The third kappa shape index (κ3) is 11.8. The molecule has 0 unspecified atom stereocenters. The van der Waals surface area contributed by atoms with Gasteiger partial charge in [0.25, 0.3) is 0 Å². The third-order valence-corrected chi connectivity index (χ3v) is 2.69. The molecule has 0 spiro atoms. The summed E-state index contributed by atoms with van der Waals surface area (Å²) < 4.78 is 0. The molecule has 0 aromatic carbocycles. The molecule has 0 amide bonds. The van der Waals surface area contributed by atoms with Gasteiger partial charge in [-0.3, -0.25) is 0 Å². The van der Waals surface area contributed by atoms with Crippen LogP contribution in [0.1, 0.15) is 0 Å². The first-order chi connectivity index (χ1) is 4.41. The van der Waals surface area contributed by atoms with Crippen molar-refractivity contribution in [3.63, 3.8) is 0 Å². The van der Waals surface area contributed by atoms with Gasteiger partial charge in [-0.05, 0) is 5.41 Å². The average molecular weight is 218 g/mol. The Morgan fingerprint density at radius 2 is 2.20 bits per heavy atom. The molecule has 0 fully saturated rings. The summed E-state index contributed by atoms with van der Waals surface area (Å²) >= 11 is 3.80. The maximum absolute atomic E-state index is 4.95. The first-order valence-corrected chi connectivity index (χ1v) is 5.67. The van der Waals surface area contributed by atoms with Crippen LogP contribution in [0, 0.1) is 0 Å². The van der Waals surface area contributed by atoms with E-state index in [2.05, 4.69) is 24.1 Å². The second-order valence-corrected chi connectivity index (χ2v) is 4.03. The third-order valence-electron chi connectivity index (χ3n) is 0.513. The summed E-state index contributed by atoms with van der Waals surface area (Å²) in [5.74, 6) is 1.99. The van der Waals surface area contributed by atoms with Crippen molar-refractivity contribution in [2.24, 2.45) is 5.73 Å². The van der Waals surface area contributed by atoms with E-state index < -0.39 is 0 Å². The van der Waals surface area contributed by atoms with Gasteiger partial charge in [0.1, 0.15) is 0 Å². The van der Waals surface area contributed by atoms with Gasteiger partial charge in [0, 0.05) is 18.1 Å². The van der Waals surface area contributed by atoms with Crippen molar-refractivity contribution in [1.82, 2.24) is 0 Å². The SMILES string of the molecule is C1=CSSC1.Cl.NCCS. The fourth-order valence-electron chi connectivity index (χ4n) is 0.196. The summed E-state index contributed by atoms with van der Waals surface area (Å²) in [6, 6.07) is 0. The highest BCUT2D eigenvalue weighted by molar-refractivity contribution is 8.78. The maximum atomic E-state index is 4.95. The van der Waals surface area contributed by atoms with Gasteiger partial charge in [0.15, 0.2) is 0 Å². The predicted octanol–water partition coefficient (Wildman–Crippen LogP) is 2.19. The van der Waals surface area contributed by atoms with Crippen LogP contribution >= 0.6 is 46.6 Å². The Kier molecular flexibility index (Phi) is 17.3. The Bertz CT molecular complexity index is 71.3. The van der Waals surface area contributed by atoms with Crippen LogP contribution in [-0.4, -0.2) is 18.1 Å². The summed E-state index contributed by atoms with van der Waals surface area (Å²) in [7, 11) is 3.69. The lowest BCUT2D eigenvalue weighted by molar-refractivity contribution is 1.16. The maximum Gasteiger partial charge on any atom is 0.0229 e. The molecule has 1 aliphatic rings. The van der Waals surface area contributed by atoms with Crippen molar-refractivity contribution in [2.45, 2.75) is 0 Å². The first-order valence-electron chi connectivity index (χ1n) is 2.66.